The van der Waals surface area contributed by atoms with Crippen molar-refractivity contribution in [1.82, 2.24) is 15.5 Å². The predicted molar refractivity (Wildman–Crippen MR) is 73.6 cm³/mol. The number of nitrogens with zero attached hydrogens (tertiary/aromatic N) is 1. The van der Waals surface area contributed by atoms with Crippen LogP contribution in [-0.2, 0) is 9.59 Å². The van der Waals surface area contributed by atoms with E-state index in [1.807, 2.05) is 0 Å². The van der Waals surface area contributed by atoms with E-state index in [0.29, 0.717) is 19.6 Å². The SMILES string of the molecule is O=C(NCCC1=CCCCC1)C(=O)N1CCNCC1. The summed E-state index contributed by atoms with van der Waals surface area (Å²) in [6.45, 7) is 3.36. The van der Waals surface area contributed by atoms with Crippen LogP contribution < -0.4 is 10.6 Å². The van der Waals surface area contributed by atoms with Crippen molar-refractivity contribution >= 4 is 11.8 Å². The molecule has 5 nitrogen and oxygen atoms in total. The first-order valence-corrected chi connectivity index (χ1v) is 7.23. The average Bonchev–Trinajstić information content (AvgIpc) is 2.48. The van der Waals surface area contributed by atoms with E-state index < -0.39 is 5.91 Å². The van der Waals surface area contributed by atoms with E-state index in [2.05, 4.69) is 16.7 Å². The molecule has 0 aromatic carbocycles. The zero-order valence-electron chi connectivity index (χ0n) is 11.4. The number of carbonyl (C=O) groups excluding carboxylic acids is 2. The lowest BCUT2D eigenvalue weighted by Gasteiger charge is -2.26. The monoisotopic (exact) mass is 265 g/mol. The van der Waals surface area contributed by atoms with Gasteiger partial charge in [0.05, 0.1) is 0 Å². The minimum absolute atomic E-state index is 0.390. The van der Waals surface area contributed by atoms with Gasteiger partial charge in [0, 0.05) is 32.7 Å². The van der Waals surface area contributed by atoms with Gasteiger partial charge in [0.2, 0.25) is 0 Å². The number of hydrogen-bond donors (Lipinski definition) is 2. The first-order chi connectivity index (χ1) is 9.27. The van der Waals surface area contributed by atoms with Crippen LogP contribution in [0.1, 0.15) is 32.1 Å². The summed E-state index contributed by atoms with van der Waals surface area (Å²) < 4.78 is 0. The second-order valence-corrected chi connectivity index (χ2v) is 5.16. The summed E-state index contributed by atoms with van der Waals surface area (Å²) in [5, 5.41) is 5.90. The van der Waals surface area contributed by atoms with Crippen LogP contribution in [0.4, 0.5) is 0 Å². The molecule has 106 valence electrons. The van der Waals surface area contributed by atoms with E-state index >= 15 is 0 Å². The van der Waals surface area contributed by atoms with Crippen LogP contribution in [-0.4, -0.2) is 49.4 Å². The maximum atomic E-state index is 11.9. The molecular weight excluding hydrogens is 242 g/mol. The van der Waals surface area contributed by atoms with Crippen molar-refractivity contribution in [2.24, 2.45) is 0 Å². The van der Waals surface area contributed by atoms with Gasteiger partial charge in [-0.2, -0.15) is 0 Å². The molecular formula is C14H23N3O2. The number of rotatable bonds is 3. The Morgan fingerprint density at radius 1 is 1.26 bits per heavy atom. The van der Waals surface area contributed by atoms with Crippen molar-refractivity contribution in [1.29, 1.82) is 0 Å². The normalized spacial score (nSPS) is 19.8. The Labute approximate surface area is 114 Å². The van der Waals surface area contributed by atoms with E-state index in [4.69, 9.17) is 0 Å². The Bertz CT molecular complexity index is 360. The molecule has 1 aliphatic carbocycles. The van der Waals surface area contributed by atoms with Crippen LogP contribution in [0.25, 0.3) is 0 Å². The smallest absolute Gasteiger partial charge is 0.311 e. The molecule has 0 spiro atoms. The highest BCUT2D eigenvalue weighted by Crippen LogP contribution is 2.19. The summed E-state index contributed by atoms with van der Waals surface area (Å²) in [5.74, 6) is -0.850. The van der Waals surface area contributed by atoms with Gasteiger partial charge in [-0.15, -0.1) is 0 Å². The van der Waals surface area contributed by atoms with Gasteiger partial charge in [-0.1, -0.05) is 11.6 Å². The number of allylic oxidation sites excluding steroid dienone is 1. The lowest BCUT2D eigenvalue weighted by Crippen LogP contribution is -2.51. The zero-order chi connectivity index (χ0) is 13.5. The van der Waals surface area contributed by atoms with E-state index in [1.54, 1.807) is 4.90 Å². The summed E-state index contributed by atoms with van der Waals surface area (Å²) >= 11 is 0. The largest absolute Gasteiger partial charge is 0.348 e. The lowest BCUT2D eigenvalue weighted by atomic mass is 9.97. The number of hydrogen-bond acceptors (Lipinski definition) is 3. The highest BCUT2D eigenvalue weighted by Gasteiger charge is 2.22. The van der Waals surface area contributed by atoms with E-state index in [-0.39, 0.29) is 5.91 Å². The predicted octanol–water partition coefficient (Wildman–Crippen LogP) is 0.425. The molecule has 1 aliphatic heterocycles. The molecule has 19 heavy (non-hydrogen) atoms. The van der Waals surface area contributed by atoms with Crippen LogP contribution in [0, 0.1) is 0 Å². The van der Waals surface area contributed by atoms with Crippen molar-refractivity contribution in [2.45, 2.75) is 32.1 Å². The molecule has 5 heteroatoms. The standard InChI is InChI=1S/C14H23N3O2/c18-13(14(19)17-10-8-15-9-11-17)16-7-6-12-4-2-1-3-5-12/h4,15H,1-3,5-11H2,(H,16,18). The maximum absolute atomic E-state index is 11.9. The topological polar surface area (TPSA) is 61.4 Å². The Morgan fingerprint density at radius 2 is 2.05 bits per heavy atom. The molecule has 2 rings (SSSR count). The van der Waals surface area contributed by atoms with E-state index in [9.17, 15) is 9.59 Å². The molecule has 2 aliphatic rings. The van der Waals surface area contributed by atoms with Crippen molar-refractivity contribution < 1.29 is 9.59 Å². The van der Waals surface area contributed by atoms with Gasteiger partial charge < -0.3 is 15.5 Å². The van der Waals surface area contributed by atoms with Crippen LogP contribution in [0.15, 0.2) is 11.6 Å². The highest BCUT2D eigenvalue weighted by molar-refractivity contribution is 6.35. The molecule has 0 bridgehead atoms. The molecule has 0 aromatic heterocycles. The molecule has 1 fully saturated rings. The van der Waals surface area contributed by atoms with Gasteiger partial charge in [0.15, 0.2) is 0 Å². The first kappa shape index (κ1) is 14.1. The van der Waals surface area contributed by atoms with Gasteiger partial charge in [0.1, 0.15) is 0 Å². The molecule has 2 amide bonds. The molecule has 0 aromatic rings. The zero-order valence-corrected chi connectivity index (χ0v) is 11.4. The van der Waals surface area contributed by atoms with Crippen LogP contribution in [0.5, 0.6) is 0 Å². The fourth-order valence-corrected chi connectivity index (χ4v) is 2.56. The van der Waals surface area contributed by atoms with Gasteiger partial charge >= 0.3 is 11.8 Å². The summed E-state index contributed by atoms with van der Waals surface area (Å²) in [6.07, 6.45) is 7.97. The molecule has 0 radical (unpaired) electrons. The van der Waals surface area contributed by atoms with Crippen LogP contribution >= 0.6 is 0 Å². The third-order valence-electron chi connectivity index (χ3n) is 3.72. The summed E-state index contributed by atoms with van der Waals surface area (Å²) in [5.41, 5.74) is 1.42. The van der Waals surface area contributed by atoms with Crippen molar-refractivity contribution in [2.75, 3.05) is 32.7 Å². The lowest BCUT2D eigenvalue weighted by molar-refractivity contribution is -0.146. The third kappa shape index (κ3) is 4.35. The van der Waals surface area contributed by atoms with E-state index in [0.717, 1.165) is 32.4 Å². The highest BCUT2D eigenvalue weighted by atomic mass is 16.2. The fourth-order valence-electron chi connectivity index (χ4n) is 2.56. The maximum Gasteiger partial charge on any atom is 0.311 e. The van der Waals surface area contributed by atoms with Crippen LogP contribution in [0.3, 0.4) is 0 Å². The van der Waals surface area contributed by atoms with Gasteiger partial charge in [-0.25, -0.2) is 0 Å². The molecule has 2 N–H and O–H groups in total. The van der Waals surface area contributed by atoms with Gasteiger partial charge in [-0.05, 0) is 32.1 Å². The number of carbonyl (C=O) groups is 2. The van der Waals surface area contributed by atoms with E-state index in [1.165, 1.54) is 18.4 Å². The average molecular weight is 265 g/mol. The fraction of sp³-hybridized carbons (Fsp3) is 0.714. The van der Waals surface area contributed by atoms with Crippen LogP contribution in [0.2, 0.25) is 0 Å². The van der Waals surface area contributed by atoms with Gasteiger partial charge in [0.25, 0.3) is 0 Å². The first-order valence-electron chi connectivity index (χ1n) is 7.23. The summed E-state index contributed by atoms with van der Waals surface area (Å²) in [7, 11) is 0. The van der Waals surface area contributed by atoms with Crippen molar-refractivity contribution in [3.8, 4) is 0 Å². The third-order valence-corrected chi connectivity index (χ3v) is 3.72. The quantitative estimate of drug-likeness (QED) is 0.574. The van der Waals surface area contributed by atoms with Crippen molar-refractivity contribution in [3.05, 3.63) is 11.6 Å². The minimum Gasteiger partial charge on any atom is -0.348 e. The Kier molecular flexibility index (Phi) is 5.39. The van der Waals surface area contributed by atoms with Crippen molar-refractivity contribution in [3.63, 3.8) is 0 Å². The number of nitrogens with one attached hydrogen (secondary N) is 2. The Hall–Kier alpha value is -1.36. The number of piperazine rings is 1. The molecule has 0 atom stereocenters. The molecule has 0 saturated carbocycles. The Balaban J connectivity index is 1.68. The minimum atomic E-state index is -0.460. The second-order valence-electron chi connectivity index (χ2n) is 5.16. The molecule has 0 unspecified atom stereocenters. The number of amides is 2. The Morgan fingerprint density at radius 3 is 2.74 bits per heavy atom. The van der Waals surface area contributed by atoms with Gasteiger partial charge in [-0.3, -0.25) is 9.59 Å². The summed E-state index contributed by atoms with van der Waals surface area (Å²) in [4.78, 5) is 25.2. The molecule has 1 heterocycles. The summed E-state index contributed by atoms with van der Waals surface area (Å²) in [6, 6.07) is 0. The second kappa shape index (κ2) is 7.28. The molecule has 1 saturated heterocycles.